The van der Waals surface area contributed by atoms with Gasteiger partial charge in [-0.3, -0.25) is 9.78 Å². The van der Waals surface area contributed by atoms with Crippen LogP contribution in [0.15, 0.2) is 18.3 Å². The van der Waals surface area contributed by atoms with Crippen molar-refractivity contribution in [2.75, 3.05) is 6.54 Å². The van der Waals surface area contributed by atoms with Gasteiger partial charge in [-0.25, -0.2) is 0 Å². The molecule has 1 aliphatic rings. The van der Waals surface area contributed by atoms with Gasteiger partial charge in [0.05, 0.1) is 5.92 Å². The highest BCUT2D eigenvalue weighted by atomic mass is 16.1. The lowest BCUT2D eigenvalue weighted by Gasteiger charge is -2.14. The molecule has 1 amide bonds. The van der Waals surface area contributed by atoms with Gasteiger partial charge in [-0.15, -0.1) is 0 Å². The number of nitrogens with one attached hydrogen (secondary N) is 2. The number of rotatable bonds is 3. The first-order valence-corrected chi connectivity index (χ1v) is 6.09. The first kappa shape index (κ1) is 12.0. The van der Waals surface area contributed by atoms with E-state index in [4.69, 9.17) is 0 Å². The number of amides is 1. The van der Waals surface area contributed by atoms with E-state index in [2.05, 4.69) is 22.5 Å². The Hall–Kier alpha value is -1.42. The van der Waals surface area contributed by atoms with Gasteiger partial charge < -0.3 is 10.6 Å². The van der Waals surface area contributed by atoms with Gasteiger partial charge in [-0.2, -0.15) is 0 Å². The number of aromatic nitrogens is 1. The van der Waals surface area contributed by atoms with Crippen LogP contribution in [0.4, 0.5) is 0 Å². The maximum atomic E-state index is 11.9. The number of carbonyl (C=O) groups is 1. The van der Waals surface area contributed by atoms with Crippen molar-refractivity contribution in [3.63, 3.8) is 0 Å². The van der Waals surface area contributed by atoms with Crippen molar-refractivity contribution in [2.45, 2.75) is 32.9 Å². The second kappa shape index (κ2) is 5.27. The highest BCUT2D eigenvalue weighted by Gasteiger charge is 2.28. The third-order valence-electron chi connectivity index (χ3n) is 3.30. The van der Waals surface area contributed by atoms with Crippen LogP contribution in [0.25, 0.3) is 0 Å². The van der Waals surface area contributed by atoms with E-state index in [9.17, 15) is 4.79 Å². The molecule has 1 saturated heterocycles. The maximum Gasteiger partial charge on any atom is 0.224 e. The Bertz CT molecular complexity index is 388. The summed E-state index contributed by atoms with van der Waals surface area (Å²) in [6.45, 7) is 5.51. The van der Waals surface area contributed by atoms with E-state index in [1.54, 1.807) is 0 Å². The van der Waals surface area contributed by atoms with Gasteiger partial charge >= 0.3 is 0 Å². The minimum absolute atomic E-state index is 0.105. The molecule has 4 heteroatoms. The molecule has 92 valence electrons. The summed E-state index contributed by atoms with van der Waals surface area (Å²) in [5, 5.41) is 6.25. The molecule has 2 rings (SSSR count). The fourth-order valence-electron chi connectivity index (χ4n) is 2.14. The second-order valence-corrected chi connectivity index (χ2v) is 4.66. The molecule has 2 heterocycles. The molecule has 1 fully saturated rings. The smallest absolute Gasteiger partial charge is 0.224 e. The number of nitrogens with zero attached hydrogens (tertiary/aromatic N) is 1. The summed E-state index contributed by atoms with van der Waals surface area (Å²) in [4.78, 5) is 16.1. The van der Waals surface area contributed by atoms with Crippen LogP contribution < -0.4 is 10.6 Å². The van der Waals surface area contributed by atoms with Gasteiger partial charge in [-0.05, 0) is 38.4 Å². The third kappa shape index (κ3) is 3.03. The minimum Gasteiger partial charge on any atom is -0.352 e. The Morgan fingerprint density at radius 3 is 3.00 bits per heavy atom. The Morgan fingerprint density at radius 1 is 1.59 bits per heavy atom. The summed E-state index contributed by atoms with van der Waals surface area (Å²) in [6.07, 6.45) is 2.74. The normalized spacial score (nSPS) is 23.6. The third-order valence-corrected chi connectivity index (χ3v) is 3.30. The zero-order valence-corrected chi connectivity index (χ0v) is 10.4. The van der Waals surface area contributed by atoms with E-state index < -0.39 is 0 Å². The summed E-state index contributed by atoms with van der Waals surface area (Å²) in [6, 6.07) is 4.24. The number of hydrogen-bond donors (Lipinski definition) is 2. The molecule has 2 atom stereocenters. The number of pyridine rings is 1. The summed E-state index contributed by atoms with van der Waals surface area (Å²) in [5.41, 5.74) is 2.04. The van der Waals surface area contributed by atoms with Crippen molar-refractivity contribution in [2.24, 2.45) is 5.92 Å². The van der Waals surface area contributed by atoms with Crippen molar-refractivity contribution in [1.82, 2.24) is 15.6 Å². The van der Waals surface area contributed by atoms with Gasteiger partial charge in [0.1, 0.15) is 0 Å². The van der Waals surface area contributed by atoms with Crippen molar-refractivity contribution in [1.29, 1.82) is 0 Å². The second-order valence-electron chi connectivity index (χ2n) is 4.66. The van der Waals surface area contributed by atoms with Gasteiger partial charge in [-0.1, -0.05) is 6.07 Å². The van der Waals surface area contributed by atoms with Crippen LogP contribution >= 0.6 is 0 Å². The zero-order chi connectivity index (χ0) is 12.3. The van der Waals surface area contributed by atoms with Crippen molar-refractivity contribution in [3.05, 3.63) is 29.6 Å². The van der Waals surface area contributed by atoms with Crippen LogP contribution in [0.3, 0.4) is 0 Å². The molecule has 0 spiro atoms. The highest BCUT2D eigenvalue weighted by Crippen LogP contribution is 2.15. The van der Waals surface area contributed by atoms with E-state index in [1.165, 1.54) is 0 Å². The largest absolute Gasteiger partial charge is 0.352 e. The Balaban J connectivity index is 1.85. The van der Waals surface area contributed by atoms with Crippen LogP contribution in [0.5, 0.6) is 0 Å². The van der Waals surface area contributed by atoms with Crippen LogP contribution in [0, 0.1) is 12.8 Å². The van der Waals surface area contributed by atoms with Gasteiger partial charge in [0.15, 0.2) is 0 Å². The molecule has 1 aliphatic heterocycles. The Morgan fingerprint density at radius 2 is 2.41 bits per heavy atom. The number of carbonyl (C=O) groups excluding carboxylic acids is 1. The molecular weight excluding hydrogens is 214 g/mol. The standard InChI is InChI=1S/C13H19N3O/c1-9-3-4-11(7-15-9)8-16-13(17)12-5-6-14-10(12)2/h3-4,7,10,12,14H,5-6,8H2,1-2H3,(H,16,17). The first-order valence-electron chi connectivity index (χ1n) is 6.09. The quantitative estimate of drug-likeness (QED) is 0.819. The molecule has 0 aliphatic carbocycles. The van der Waals surface area contributed by atoms with E-state index in [0.717, 1.165) is 24.2 Å². The summed E-state index contributed by atoms with van der Waals surface area (Å²) in [5.74, 6) is 0.247. The molecule has 1 aromatic rings. The van der Waals surface area contributed by atoms with Gasteiger partial charge in [0.2, 0.25) is 5.91 Å². The number of aryl methyl sites for hydroxylation is 1. The van der Waals surface area contributed by atoms with E-state index in [0.29, 0.717) is 6.54 Å². The van der Waals surface area contributed by atoms with Gasteiger partial charge in [0, 0.05) is 24.5 Å². The van der Waals surface area contributed by atoms with Gasteiger partial charge in [0.25, 0.3) is 0 Å². The zero-order valence-electron chi connectivity index (χ0n) is 10.4. The van der Waals surface area contributed by atoms with Crippen molar-refractivity contribution in [3.8, 4) is 0 Å². The van der Waals surface area contributed by atoms with E-state index in [-0.39, 0.29) is 17.9 Å². The fraction of sp³-hybridized carbons (Fsp3) is 0.538. The lowest BCUT2D eigenvalue weighted by Crippen LogP contribution is -2.36. The molecule has 17 heavy (non-hydrogen) atoms. The molecule has 4 nitrogen and oxygen atoms in total. The Kier molecular flexibility index (Phi) is 3.74. The highest BCUT2D eigenvalue weighted by molar-refractivity contribution is 5.79. The maximum absolute atomic E-state index is 11.9. The first-order chi connectivity index (χ1) is 8.16. The average molecular weight is 233 g/mol. The van der Waals surface area contributed by atoms with E-state index >= 15 is 0 Å². The van der Waals surface area contributed by atoms with Crippen molar-refractivity contribution >= 4 is 5.91 Å². The van der Waals surface area contributed by atoms with E-state index in [1.807, 2.05) is 25.3 Å². The number of hydrogen-bond acceptors (Lipinski definition) is 3. The fourth-order valence-corrected chi connectivity index (χ4v) is 2.14. The lowest BCUT2D eigenvalue weighted by atomic mass is 10.0. The minimum atomic E-state index is 0.105. The van der Waals surface area contributed by atoms with Crippen LogP contribution in [0.1, 0.15) is 24.6 Å². The summed E-state index contributed by atoms with van der Waals surface area (Å²) >= 11 is 0. The monoisotopic (exact) mass is 233 g/mol. The molecule has 2 unspecified atom stereocenters. The summed E-state index contributed by atoms with van der Waals surface area (Å²) < 4.78 is 0. The van der Waals surface area contributed by atoms with Crippen LogP contribution in [-0.2, 0) is 11.3 Å². The lowest BCUT2D eigenvalue weighted by molar-refractivity contribution is -0.125. The predicted molar refractivity (Wildman–Crippen MR) is 66.4 cm³/mol. The Labute approximate surface area is 102 Å². The molecular formula is C13H19N3O. The van der Waals surface area contributed by atoms with Crippen LogP contribution in [-0.4, -0.2) is 23.5 Å². The molecule has 1 aromatic heterocycles. The molecule has 2 N–H and O–H groups in total. The van der Waals surface area contributed by atoms with Crippen molar-refractivity contribution < 1.29 is 4.79 Å². The molecule has 0 aromatic carbocycles. The molecule has 0 radical (unpaired) electrons. The van der Waals surface area contributed by atoms with Crippen LogP contribution in [0.2, 0.25) is 0 Å². The average Bonchev–Trinajstić information content (AvgIpc) is 2.74. The summed E-state index contributed by atoms with van der Waals surface area (Å²) in [7, 11) is 0. The SMILES string of the molecule is Cc1ccc(CNC(=O)C2CCNC2C)cn1. The molecule has 0 saturated carbocycles. The predicted octanol–water partition coefficient (Wildman–Crippen LogP) is 1.00. The molecule has 0 bridgehead atoms. The topological polar surface area (TPSA) is 54.0 Å².